The minimum absolute atomic E-state index is 0. The number of unbranched alkanes of at least 4 members (excludes halogenated alkanes) is 4. The zero-order valence-corrected chi connectivity index (χ0v) is 22.0. The summed E-state index contributed by atoms with van der Waals surface area (Å²) in [6.45, 7) is 1.83. The first kappa shape index (κ1) is 37.4. The van der Waals surface area contributed by atoms with E-state index in [1.165, 1.54) is 0 Å². The van der Waals surface area contributed by atoms with Crippen LogP contribution in [-0.2, 0) is 24.4 Å². The molecule has 0 spiro atoms. The minimum atomic E-state index is -7.11. The first-order chi connectivity index (χ1) is 15.6. The van der Waals surface area contributed by atoms with Crippen molar-refractivity contribution in [3.05, 3.63) is 0 Å². The van der Waals surface area contributed by atoms with Crippen LogP contribution in [0.15, 0.2) is 0 Å². The number of aliphatic carboxylic acids is 1. The summed E-state index contributed by atoms with van der Waals surface area (Å²) in [5.41, 5.74) is 0. The Hall–Kier alpha value is -0.780. The molecule has 0 bridgehead atoms. The van der Waals surface area contributed by atoms with Gasteiger partial charge in [-0.1, -0.05) is 32.6 Å². The Morgan fingerprint density at radius 3 is 1.81 bits per heavy atom. The molecule has 0 fully saturated rings. The van der Waals surface area contributed by atoms with E-state index >= 15 is 0 Å². The normalized spacial score (nSPS) is 15.1. The Labute approximate surface area is 223 Å². The number of esters is 1. The van der Waals surface area contributed by atoms with Crippen LogP contribution >= 0.6 is 0 Å². The van der Waals surface area contributed by atoms with Gasteiger partial charge < -0.3 is 14.6 Å². The maximum Gasteiger partial charge on any atom is 1.00 e. The maximum absolute atomic E-state index is 13.8. The Morgan fingerprint density at radius 2 is 1.39 bits per heavy atom. The molecule has 18 heteroatoms. The molecule has 0 saturated heterocycles. The van der Waals surface area contributed by atoms with Gasteiger partial charge in [0.25, 0.3) is 10.1 Å². The molecule has 0 aromatic rings. The third kappa shape index (κ3) is 10.5. The number of halogens is 9. The molecule has 0 aliphatic rings. The molecule has 0 heterocycles. The molecule has 36 heavy (non-hydrogen) atoms. The van der Waals surface area contributed by atoms with Gasteiger partial charge in [0.1, 0.15) is 6.10 Å². The molecule has 0 amide bonds. The van der Waals surface area contributed by atoms with Crippen LogP contribution in [0.4, 0.5) is 39.5 Å². The molecule has 208 valence electrons. The van der Waals surface area contributed by atoms with Crippen molar-refractivity contribution in [3.8, 4) is 0 Å². The first-order valence-corrected chi connectivity index (χ1v) is 11.7. The van der Waals surface area contributed by atoms with Crippen LogP contribution in [0.3, 0.4) is 0 Å². The van der Waals surface area contributed by atoms with E-state index in [0.29, 0.717) is 19.3 Å². The van der Waals surface area contributed by atoms with E-state index in [2.05, 4.69) is 4.74 Å². The van der Waals surface area contributed by atoms with E-state index in [0.717, 1.165) is 6.42 Å². The van der Waals surface area contributed by atoms with Crippen molar-refractivity contribution in [2.45, 2.75) is 100 Å². The SMILES string of the molecule is CCCCCCCC(CCC(F)(F)C(F)(F)C(F)(F)C(F)(F)F)OC(=O)C(CC(=O)[O-])S(=O)(=O)O.[Na+]. The van der Waals surface area contributed by atoms with Crippen molar-refractivity contribution < 1.29 is 101 Å². The third-order valence-electron chi connectivity index (χ3n) is 4.88. The summed E-state index contributed by atoms with van der Waals surface area (Å²) in [5.74, 6) is -24.1. The van der Waals surface area contributed by atoms with Gasteiger partial charge >= 0.3 is 59.5 Å². The largest absolute Gasteiger partial charge is 1.00 e. The van der Waals surface area contributed by atoms with Gasteiger partial charge in [-0.3, -0.25) is 9.35 Å². The third-order valence-corrected chi connectivity index (χ3v) is 5.96. The average molecular weight is 578 g/mol. The number of rotatable bonds is 16. The van der Waals surface area contributed by atoms with Gasteiger partial charge in [-0.15, -0.1) is 0 Å². The van der Waals surface area contributed by atoms with Crippen LogP contribution < -0.4 is 34.7 Å². The van der Waals surface area contributed by atoms with Gasteiger partial charge in [0.2, 0.25) is 0 Å². The fraction of sp³-hybridized carbons (Fsp3) is 0.889. The van der Waals surface area contributed by atoms with Crippen LogP contribution in [0.5, 0.6) is 0 Å². The van der Waals surface area contributed by atoms with Crippen LogP contribution in [0, 0.1) is 0 Å². The minimum Gasteiger partial charge on any atom is -0.550 e. The first-order valence-electron chi connectivity index (χ1n) is 10.2. The summed E-state index contributed by atoms with van der Waals surface area (Å²) in [4.78, 5) is 22.6. The van der Waals surface area contributed by atoms with E-state index in [9.17, 15) is 62.6 Å². The standard InChI is InChI=1S/C18H25F9O7S.Na/c1-2-3-4-5-6-7-11(34-14(30)12(10-13(28)29)35(31,32)33)8-9-15(19,20)16(21,22)17(23,24)18(25,26)27;/h11-12H,2-10H2,1H3,(H,28,29)(H,31,32,33);/q;+1/p-1. The van der Waals surface area contributed by atoms with Crippen molar-refractivity contribution in [1.29, 1.82) is 0 Å². The summed E-state index contributed by atoms with van der Waals surface area (Å²) in [5, 5.41) is 7.84. The molecule has 2 atom stereocenters. The van der Waals surface area contributed by atoms with E-state index in [-0.39, 0.29) is 36.0 Å². The number of carboxylic acid groups (broad SMARTS) is 1. The topological polar surface area (TPSA) is 121 Å². The molecule has 0 aliphatic carbocycles. The molecule has 2 unspecified atom stereocenters. The number of carboxylic acids is 1. The molecule has 0 saturated carbocycles. The van der Waals surface area contributed by atoms with Gasteiger partial charge in [0, 0.05) is 18.8 Å². The van der Waals surface area contributed by atoms with E-state index in [1.807, 2.05) is 6.92 Å². The van der Waals surface area contributed by atoms with E-state index in [1.54, 1.807) is 0 Å². The van der Waals surface area contributed by atoms with Crippen molar-refractivity contribution in [3.63, 3.8) is 0 Å². The zero-order valence-electron chi connectivity index (χ0n) is 19.2. The van der Waals surface area contributed by atoms with Crippen molar-refractivity contribution in [1.82, 2.24) is 0 Å². The van der Waals surface area contributed by atoms with Gasteiger partial charge in [-0.25, -0.2) is 0 Å². The number of hydrogen-bond acceptors (Lipinski definition) is 6. The number of hydrogen-bond donors (Lipinski definition) is 1. The van der Waals surface area contributed by atoms with Crippen molar-refractivity contribution in [2.75, 3.05) is 0 Å². The number of alkyl halides is 9. The van der Waals surface area contributed by atoms with Crippen molar-refractivity contribution in [2.24, 2.45) is 0 Å². The van der Waals surface area contributed by atoms with Gasteiger partial charge in [0.05, 0.1) is 0 Å². The second kappa shape index (κ2) is 14.4. The Bertz CT molecular complexity index is 820. The van der Waals surface area contributed by atoms with Crippen LogP contribution in [-0.4, -0.2) is 60.2 Å². The molecule has 0 aromatic heterocycles. The molecule has 0 rings (SSSR count). The molecule has 0 radical (unpaired) electrons. The Kier molecular flexibility index (Phi) is 14.9. The molecule has 0 aromatic carbocycles. The monoisotopic (exact) mass is 578 g/mol. The molecule has 0 aliphatic heterocycles. The number of ether oxygens (including phenoxy) is 1. The summed E-state index contributed by atoms with van der Waals surface area (Å²) in [6, 6.07) is 0. The summed E-state index contributed by atoms with van der Waals surface area (Å²) in [6.07, 6.45) is -12.3. The molecule has 1 N–H and O–H groups in total. The van der Waals surface area contributed by atoms with Crippen molar-refractivity contribution >= 4 is 22.1 Å². The maximum atomic E-state index is 13.8. The molecular formula is C18H24F9NaO7S. The quantitative estimate of drug-likeness (QED) is 0.0951. The van der Waals surface area contributed by atoms with E-state index in [4.69, 9.17) is 4.55 Å². The van der Waals surface area contributed by atoms with Gasteiger partial charge in [-0.05, 0) is 19.3 Å². The Balaban J connectivity index is 0. The predicted molar refractivity (Wildman–Crippen MR) is 98.3 cm³/mol. The molecular weight excluding hydrogens is 554 g/mol. The average Bonchev–Trinajstić information content (AvgIpc) is 2.67. The Morgan fingerprint density at radius 1 is 0.889 bits per heavy atom. The second-order valence-electron chi connectivity index (χ2n) is 7.73. The predicted octanol–water partition coefficient (Wildman–Crippen LogP) is 0.908. The number of carbonyl (C=O) groups excluding carboxylic acids is 2. The van der Waals surface area contributed by atoms with Crippen LogP contribution in [0.2, 0.25) is 0 Å². The fourth-order valence-electron chi connectivity index (χ4n) is 2.85. The zero-order chi connectivity index (χ0) is 27.9. The van der Waals surface area contributed by atoms with Crippen LogP contribution in [0.25, 0.3) is 0 Å². The second-order valence-corrected chi connectivity index (χ2v) is 9.33. The number of carbonyl (C=O) groups is 2. The smallest absolute Gasteiger partial charge is 0.550 e. The summed E-state index contributed by atoms with van der Waals surface area (Å²) < 4.78 is 153. The van der Waals surface area contributed by atoms with E-state index < -0.39 is 83.0 Å². The summed E-state index contributed by atoms with van der Waals surface area (Å²) >= 11 is 0. The van der Waals surface area contributed by atoms with Gasteiger partial charge in [0.15, 0.2) is 5.25 Å². The van der Waals surface area contributed by atoms with Gasteiger partial charge in [-0.2, -0.15) is 47.9 Å². The summed E-state index contributed by atoms with van der Waals surface area (Å²) in [7, 11) is -5.43. The van der Waals surface area contributed by atoms with Crippen LogP contribution in [0.1, 0.15) is 64.7 Å². The fourth-order valence-corrected chi connectivity index (χ4v) is 3.49. The molecule has 7 nitrogen and oxygen atoms in total.